The van der Waals surface area contributed by atoms with E-state index >= 15 is 0 Å². The van der Waals surface area contributed by atoms with Crippen LogP contribution in [0.15, 0.2) is 54.9 Å². The third-order valence-electron chi connectivity index (χ3n) is 5.06. The number of carbonyl (C=O) groups is 1. The molecule has 0 aliphatic heterocycles. The average Bonchev–Trinajstić information content (AvgIpc) is 2.72. The van der Waals surface area contributed by atoms with Crippen molar-refractivity contribution in [3.05, 3.63) is 66.0 Å². The minimum atomic E-state index is -0.239. The first-order valence-electron chi connectivity index (χ1n) is 9.42. The van der Waals surface area contributed by atoms with Gasteiger partial charge in [0.2, 0.25) is 0 Å². The zero-order valence-electron chi connectivity index (χ0n) is 15.1. The number of benzene rings is 1. The lowest BCUT2D eigenvalue weighted by Crippen LogP contribution is -2.49. The number of carbonyl (C=O) groups excluding carboxylic acids is 1. The molecule has 0 bridgehead atoms. The Morgan fingerprint density at radius 3 is 2.38 bits per heavy atom. The van der Waals surface area contributed by atoms with E-state index in [2.05, 4.69) is 10.3 Å². The highest BCUT2D eigenvalue weighted by Crippen LogP contribution is 2.25. The van der Waals surface area contributed by atoms with Gasteiger partial charge in [0.25, 0.3) is 0 Å². The average molecular weight is 353 g/mol. The van der Waals surface area contributed by atoms with Crippen LogP contribution in [0.1, 0.15) is 49.3 Å². The van der Waals surface area contributed by atoms with E-state index in [4.69, 9.17) is 0 Å². The Morgan fingerprint density at radius 1 is 1.08 bits per heavy atom. The molecule has 0 saturated heterocycles. The van der Waals surface area contributed by atoms with E-state index in [0.29, 0.717) is 6.54 Å². The molecule has 1 fully saturated rings. The second-order valence-electron chi connectivity index (χ2n) is 6.78. The van der Waals surface area contributed by atoms with Crippen LogP contribution in [0.3, 0.4) is 0 Å². The molecule has 2 amide bonds. The molecule has 2 aromatic rings. The Kier molecular flexibility index (Phi) is 6.61. The molecule has 1 heterocycles. The molecule has 2 N–H and O–H groups in total. The summed E-state index contributed by atoms with van der Waals surface area (Å²) in [5, 5.41) is 12.6. The van der Waals surface area contributed by atoms with Gasteiger partial charge in [0.1, 0.15) is 0 Å². The summed E-state index contributed by atoms with van der Waals surface area (Å²) in [4.78, 5) is 19.0. The van der Waals surface area contributed by atoms with Gasteiger partial charge in [-0.3, -0.25) is 4.98 Å². The molecule has 1 saturated carbocycles. The Balaban J connectivity index is 1.81. The van der Waals surface area contributed by atoms with Crippen molar-refractivity contribution in [1.82, 2.24) is 15.2 Å². The molecule has 1 aliphatic rings. The zero-order chi connectivity index (χ0) is 18.2. The molecule has 1 aromatic heterocycles. The van der Waals surface area contributed by atoms with Crippen molar-refractivity contribution in [2.75, 3.05) is 13.2 Å². The van der Waals surface area contributed by atoms with Gasteiger partial charge < -0.3 is 15.3 Å². The lowest BCUT2D eigenvalue weighted by Gasteiger charge is -2.35. The minimum absolute atomic E-state index is 0.0187. The summed E-state index contributed by atoms with van der Waals surface area (Å²) in [6, 6.07) is 13.7. The molecule has 0 unspecified atom stereocenters. The van der Waals surface area contributed by atoms with Crippen molar-refractivity contribution >= 4 is 6.03 Å². The number of hydrogen-bond acceptors (Lipinski definition) is 3. The highest BCUT2D eigenvalue weighted by atomic mass is 16.3. The molecule has 3 rings (SSSR count). The van der Waals surface area contributed by atoms with Gasteiger partial charge in [0.05, 0.1) is 12.6 Å². The fraction of sp³-hybridized carbons (Fsp3) is 0.429. The van der Waals surface area contributed by atoms with Crippen molar-refractivity contribution in [1.29, 1.82) is 0 Å². The maximum atomic E-state index is 13.1. The zero-order valence-corrected chi connectivity index (χ0v) is 15.1. The largest absolute Gasteiger partial charge is 0.395 e. The van der Waals surface area contributed by atoms with E-state index < -0.39 is 0 Å². The number of nitrogens with zero attached hydrogens (tertiary/aromatic N) is 2. The van der Waals surface area contributed by atoms with Crippen LogP contribution in [0.5, 0.6) is 0 Å². The van der Waals surface area contributed by atoms with E-state index in [1.165, 1.54) is 6.42 Å². The van der Waals surface area contributed by atoms with Gasteiger partial charge in [0, 0.05) is 25.0 Å². The number of rotatable bonds is 6. The predicted molar refractivity (Wildman–Crippen MR) is 102 cm³/mol. The molecule has 0 radical (unpaired) electrons. The lowest BCUT2D eigenvalue weighted by molar-refractivity contribution is 0.133. The molecule has 1 atom stereocenters. The van der Waals surface area contributed by atoms with Crippen molar-refractivity contribution in [3.8, 4) is 0 Å². The summed E-state index contributed by atoms with van der Waals surface area (Å²) in [6.07, 6.45) is 9.03. The number of amides is 2. The van der Waals surface area contributed by atoms with Crippen molar-refractivity contribution in [3.63, 3.8) is 0 Å². The smallest absolute Gasteiger partial charge is 0.318 e. The monoisotopic (exact) mass is 353 g/mol. The van der Waals surface area contributed by atoms with Crippen molar-refractivity contribution < 1.29 is 9.90 Å². The van der Waals surface area contributed by atoms with Crippen molar-refractivity contribution in [2.45, 2.75) is 44.2 Å². The van der Waals surface area contributed by atoms with Crippen molar-refractivity contribution in [2.24, 2.45) is 0 Å². The maximum absolute atomic E-state index is 13.1. The number of urea groups is 1. The Bertz CT molecular complexity index is 633. The lowest BCUT2D eigenvalue weighted by atomic mass is 9.94. The number of pyridine rings is 1. The fourth-order valence-corrected chi connectivity index (χ4v) is 3.72. The van der Waals surface area contributed by atoms with E-state index in [1.54, 1.807) is 12.4 Å². The van der Waals surface area contributed by atoms with Gasteiger partial charge in [-0.05, 0) is 36.1 Å². The second-order valence-corrected chi connectivity index (χ2v) is 6.78. The topological polar surface area (TPSA) is 65.5 Å². The summed E-state index contributed by atoms with van der Waals surface area (Å²) in [7, 11) is 0. The SMILES string of the molecule is O=C(N[C@@H](c1ccccc1)c1ccncc1)N(CCO)C1CCCCC1. The Morgan fingerprint density at radius 2 is 1.73 bits per heavy atom. The van der Waals surface area contributed by atoms with Crippen LogP contribution in [-0.4, -0.2) is 40.2 Å². The molecule has 5 nitrogen and oxygen atoms in total. The van der Waals surface area contributed by atoms with E-state index in [-0.39, 0.29) is 24.7 Å². The summed E-state index contributed by atoms with van der Waals surface area (Å²) < 4.78 is 0. The van der Waals surface area contributed by atoms with Gasteiger partial charge in [-0.15, -0.1) is 0 Å². The van der Waals surface area contributed by atoms with Gasteiger partial charge in [0.15, 0.2) is 0 Å². The minimum Gasteiger partial charge on any atom is -0.395 e. The van der Waals surface area contributed by atoms with Gasteiger partial charge >= 0.3 is 6.03 Å². The third kappa shape index (κ3) is 4.61. The van der Waals surface area contributed by atoms with Gasteiger partial charge in [-0.25, -0.2) is 4.79 Å². The Labute approximate surface area is 155 Å². The normalized spacial score (nSPS) is 16.0. The second kappa shape index (κ2) is 9.34. The van der Waals surface area contributed by atoms with Crippen LogP contribution in [0, 0.1) is 0 Å². The first-order valence-corrected chi connectivity index (χ1v) is 9.42. The molecule has 1 aromatic carbocycles. The van der Waals surface area contributed by atoms with E-state index in [1.807, 2.05) is 47.4 Å². The van der Waals surface area contributed by atoms with Crippen LogP contribution in [0.4, 0.5) is 4.79 Å². The number of aliphatic hydroxyl groups excluding tert-OH is 1. The molecular formula is C21H27N3O2. The quantitative estimate of drug-likeness (QED) is 0.835. The highest BCUT2D eigenvalue weighted by molar-refractivity contribution is 5.75. The fourth-order valence-electron chi connectivity index (χ4n) is 3.72. The van der Waals surface area contributed by atoms with Gasteiger partial charge in [-0.2, -0.15) is 0 Å². The summed E-state index contributed by atoms with van der Waals surface area (Å²) in [5.74, 6) is 0. The number of aromatic nitrogens is 1. The van der Waals surface area contributed by atoms with Crippen LogP contribution >= 0.6 is 0 Å². The summed E-state index contributed by atoms with van der Waals surface area (Å²) in [5.41, 5.74) is 2.02. The molecule has 26 heavy (non-hydrogen) atoms. The molecule has 1 aliphatic carbocycles. The molecular weight excluding hydrogens is 326 g/mol. The van der Waals surface area contributed by atoms with Crippen LogP contribution < -0.4 is 5.32 Å². The molecule has 5 heteroatoms. The first kappa shape index (κ1) is 18.4. The highest BCUT2D eigenvalue weighted by Gasteiger charge is 2.27. The number of nitrogens with one attached hydrogen (secondary N) is 1. The maximum Gasteiger partial charge on any atom is 0.318 e. The summed E-state index contributed by atoms with van der Waals surface area (Å²) in [6.45, 7) is 0.351. The third-order valence-corrected chi connectivity index (χ3v) is 5.06. The molecule has 138 valence electrons. The molecule has 0 spiro atoms. The first-order chi connectivity index (χ1) is 12.8. The van der Waals surface area contributed by atoms with E-state index in [9.17, 15) is 9.90 Å². The van der Waals surface area contributed by atoms with Gasteiger partial charge in [-0.1, -0.05) is 49.6 Å². The van der Waals surface area contributed by atoms with Crippen LogP contribution in [0.2, 0.25) is 0 Å². The Hall–Kier alpha value is -2.40. The predicted octanol–water partition coefficient (Wildman–Crippen LogP) is 3.51. The van der Waals surface area contributed by atoms with Crippen LogP contribution in [-0.2, 0) is 0 Å². The van der Waals surface area contributed by atoms with E-state index in [0.717, 1.165) is 36.8 Å². The standard InChI is InChI=1S/C21H27N3O2/c25-16-15-24(19-9-5-2-6-10-19)21(26)23-20(17-7-3-1-4-8-17)18-11-13-22-14-12-18/h1,3-4,7-8,11-14,19-20,25H,2,5-6,9-10,15-16H2,(H,23,26)/t20-/m0/s1. The number of aliphatic hydroxyl groups is 1. The van der Waals surface area contributed by atoms with Crippen LogP contribution in [0.25, 0.3) is 0 Å². The summed E-state index contributed by atoms with van der Waals surface area (Å²) >= 11 is 0. The number of hydrogen-bond donors (Lipinski definition) is 2.